The predicted octanol–water partition coefficient (Wildman–Crippen LogP) is -0.888. The van der Waals surface area contributed by atoms with Crippen molar-refractivity contribution in [1.82, 2.24) is 9.62 Å². The fraction of sp³-hybridized carbons (Fsp3) is 0.353. The van der Waals surface area contributed by atoms with Crippen LogP contribution in [-0.2, 0) is 29.1 Å². The van der Waals surface area contributed by atoms with Crippen LogP contribution >= 0.6 is 0 Å². The van der Waals surface area contributed by atoms with E-state index in [1.807, 2.05) is 4.72 Å². The standard InChI is InChI=1S/C17H21N3O8S/c1-10(16(23)24)19-29(26,27)12-5-3-11(4-6-12)18-14-13(17(25)28-2)9-20(7-8-21)15(14)22/h3-6,10,18-19,21H,7-9H2,1-2H3,(H,23,24). The van der Waals surface area contributed by atoms with Crippen LogP contribution in [0.5, 0.6) is 0 Å². The average molecular weight is 427 g/mol. The summed E-state index contributed by atoms with van der Waals surface area (Å²) >= 11 is 0. The van der Waals surface area contributed by atoms with Gasteiger partial charge in [-0.2, -0.15) is 4.72 Å². The SMILES string of the molecule is COC(=O)C1=C(Nc2ccc(S(=O)(=O)NC(C)C(=O)O)cc2)C(=O)N(CCO)C1. The smallest absolute Gasteiger partial charge is 0.337 e. The Kier molecular flexibility index (Phi) is 6.95. The largest absolute Gasteiger partial charge is 0.480 e. The summed E-state index contributed by atoms with van der Waals surface area (Å²) in [5.41, 5.74) is 0.379. The summed E-state index contributed by atoms with van der Waals surface area (Å²) < 4.78 is 31.1. The summed E-state index contributed by atoms with van der Waals surface area (Å²) in [5.74, 6) is -2.53. The van der Waals surface area contributed by atoms with Crippen LogP contribution in [0, 0.1) is 0 Å². The zero-order valence-corrected chi connectivity index (χ0v) is 16.5. The molecule has 1 unspecified atom stereocenters. The van der Waals surface area contributed by atoms with Gasteiger partial charge in [-0.1, -0.05) is 0 Å². The molecule has 0 saturated heterocycles. The van der Waals surface area contributed by atoms with Crippen molar-refractivity contribution in [2.24, 2.45) is 0 Å². The summed E-state index contributed by atoms with van der Waals surface area (Å²) in [6.45, 7) is 0.926. The second kappa shape index (κ2) is 9.03. The molecular formula is C17H21N3O8S. The lowest BCUT2D eigenvalue weighted by molar-refractivity contribution is -0.138. The quantitative estimate of drug-likeness (QED) is 0.366. The molecule has 0 aliphatic carbocycles. The number of aliphatic carboxylic acids is 1. The number of amides is 1. The molecule has 1 amide bonds. The number of carbonyl (C=O) groups is 3. The molecule has 158 valence electrons. The van der Waals surface area contributed by atoms with Gasteiger partial charge in [0.25, 0.3) is 5.91 Å². The number of esters is 1. The third kappa shape index (κ3) is 5.10. The number of sulfonamides is 1. The number of rotatable bonds is 9. The van der Waals surface area contributed by atoms with Gasteiger partial charge in [-0.25, -0.2) is 13.2 Å². The molecule has 12 heteroatoms. The van der Waals surface area contributed by atoms with E-state index in [4.69, 9.17) is 10.2 Å². The molecule has 1 aromatic carbocycles. The number of ether oxygens (including phenoxy) is 1. The molecule has 11 nitrogen and oxygen atoms in total. The van der Waals surface area contributed by atoms with Crippen molar-refractivity contribution in [2.75, 3.05) is 32.1 Å². The zero-order chi connectivity index (χ0) is 21.8. The fourth-order valence-electron chi connectivity index (χ4n) is 2.56. The number of methoxy groups -OCH3 is 1. The molecule has 0 fully saturated rings. The monoisotopic (exact) mass is 427 g/mol. The van der Waals surface area contributed by atoms with E-state index in [0.717, 1.165) is 0 Å². The highest BCUT2D eigenvalue weighted by molar-refractivity contribution is 7.89. The molecule has 2 rings (SSSR count). The van der Waals surface area contributed by atoms with Gasteiger partial charge in [-0.15, -0.1) is 0 Å². The van der Waals surface area contributed by atoms with Crippen molar-refractivity contribution < 1.29 is 37.8 Å². The van der Waals surface area contributed by atoms with Crippen LogP contribution in [0.4, 0.5) is 5.69 Å². The van der Waals surface area contributed by atoms with Crippen molar-refractivity contribution >= 4 is 33.6 Å². The maximum atomic E-state index is 12.5. The number of aliphatic hydroxyl groups is 1. The predicted molar refractivity (Wildman–Crippen MR) is 100 cm³/mol. The van der Waals surface area contributed by atoms with Crippen molar-refractivity contribution in [3.63, 3.8) is 0 Å². The molecular weight excluding hydrogens is 406 g/mol. The number of carboxylic acids is 1. The van der Waals surface area contributed by atoms with Gasteiger partial charge in [0.05, 0.1) is 30.7 Å². The third-order valence-electron chi connectivity index (χ3n) is 4.09. The van der Waals surface area contributed by atoms with E-state index in [2.05, 4.69) is 10.1 Å². The Balaban J connectivity index is 2.24. The van der Waals surface area contributed by atoms with Crippen LogP contribution in [0.1, 0.15) is 6.92 Å². The van der Waals surface area contributed by atoms with Gasteiger partial charge in [-0.05, 0) is 31.2 Å². The van der Waals surface area contributed by atoms with E-state index in [9.17, 15) is 22.8 Å². The van der Waals surface area contributed by atoms with Crippen LogP contribution < -0.4 is 10.0 Å². The van der Waals surface area contributed by atoms with Crippen LogP contribution in [-0.4, -0.2) is 74.2 Å². The first kappa shape index (κ1) is 22.3. The Morgan fingerprint density at radius 3 is 2.41 bits per heavy atom. The lowest BCUT2D eigenvalue weighted by Gasteiger charge is -2.15. The summed E-state index contributed by atoms with van der Waals surface area (Å²) in [4.78, 5) is 36.4. The van der Waals surface area contributed by atoms with Gasteiger partial charge in [0, 0.05) is 12.2 Å². The van der Waals surface area contributed by atoms with Gasteiger partial charge >= 0.3 is 11.9 Å². The highest BCUT2D eigenvalue weighted by Crippen LogP contribution is 2.23. The van der Waals surface area contributed by atoms with Crippen molar-refractivity contribution in [2.45, 2.75) is 17.9 Å². The summed E-state index contributed by atoms with van der Waals surface area (Å²) in [6, 6.07) is 3.87. The molecule has 1 atom stereocenters. The van der Waals surface area contributed by atoms with Gasteiger partial charge in [-0.3, -0.25) is 9.59 Å². The normalized spacial score (nSPS) is 15.4. The molecule has 1 aromatic rings. The molecule has 29 heavy (non-hydrogen) atoms. The topological polar surface area (TPSA) is 162 Å². The minimum Gasteiger partial charge on any atom is -0.480 e. The molecule has 1 aliphatic rings. The maximum absolute atomic E-state index is 12.5. The maximum Gasteiger partial charge on any atom is 0.337 e. The first-order chi connectivity index (χ1) is 13.6. The lowest BCUT2D eigenvalue weighted by atomic mass is 10.2. The van der Waals surface area contributed by atoms with Gasteiger partial charge < -0.3 is 25.2 Å². The lowest BCUT2D eigenvalue weighted by Crippen LogP contribution is -2.38. The second-order valence-corrected chi connectivity index (χ2v) is 7.84. The van der Waals surface area contributed by atoms with Gasteiger partial charge in [0.15, 0.2) is 0 Å². The molecule has 1 aliphatic heterocycles. The summed E-state index contributed by atoms with van der Waals surface area (Å²) in [7, 11) is -2.87. The van der Waals surface area contributed by atoms with Crippen LogP contribution in [0.3, 0.4) is 0 Å². The number of nitrogens with zero attached hydrogens (tertiary/aromatic N) is 1. The minimum atomic E-state index is -4.05. The van der Waals surface area contributed by atoms with Crippen molar-refractivity contribution in [3.05, 3.63) is 35.5 Å². The highest BCUT2D eigenvalue weighted by Gasteiger charge is 2.34. The number of anilines is 1. The van der Waals surface area contributed by atoms with Crippen LogP contribution in [0.15, 0.2) is 40.4 Å². The average Bonchev–Trinajstić information content (AvgIpc) is 2.97. The zero-order valence-electron chi connectivity index (χ0n) is 15.7. The highest BCUT2D eigenvalue weighted by atomic mass is 32.2. The summed E-state index contributed by atoms with van der Waals surface area (Å²) in [5, 5.41) is 20.7. The number of carboxylic acid groups (broad SMARTS) is 1. The number of β-amino-alcohol motifs (C(OH)–C–C–N with tert-alkyl or cyclic N) is 1. The van der Waals surface area contributed by atoms with Crippen LogP contribution in [0.2, 0.25) is 0 Å². The molecule has 4 N–H and O–H groups in total. The summed E-state index contributed by atoms with van der Waals surface area (Å²) in [6.07, 6.45) is 0. The number of aliphatic hydroxyl groups excluding tert-OH is 1. The second-order valence-electron chi connectivity index (χ2n) is 6.13. The van der Waals surface area contributed by atoms with E-state index in [1.165, 1.54) is 43.2 Å². The number of nitrogens with one attached hydrogen (secondary N) is 2. The van der Waals surface area contributed by atoms with E-state index in [-0.39, 0.29) is 35.9 Å². The van der Waals surface area contributed by atoms with E-state index in [1.54, 1.807) is 0 Å². The first-order valence-electron chi connectivity index (χ1n) is 8.44. The van der Waals surface area contributed by atoms with Crippen LogP contribution in [0.25, 0.3) is 0 Å². The first-order valence-corrected chi connectivity index (χ1v) is 9.93. The van der Waals surface area contributed by atoms with E-state index >= 15 is 0 Å². The number of benzene rings is 1. The Labute approximate surface area is 167 Å². The number of hydrogen-bond acceptors (Lipinski definition) is 8. The molecule has 0 aromatic heterocycles. The molecule has 1 heterocycles. The Morgan fingerprint density at radius 1 is 1.28 bits per heavy atom. The van der Waals surface area contributed by atoms with Gasteiger partial charge in [0.1, 0.15) is 11.7 Å². The molecule has 0 bridgehead atoms. The third-order valence-corrected chi connectivity index (χ3v) is 5.65. The molecule has 0 saturated carbocycles. The van der Waals surface area contributed by atoms with Crippen molar-refractivity contribution in [3.8, 4) is 0 Å². The Morgan fingerprint density at radius 2 is 1.90 bits per heavy atom. The Bertz CT molecular complexity index is 940. The number of hydrogen-bond donors (Lipinski definition) is 4. The van der Waals surface area contributed by atoms with Gasteiger partial charge in [0.2, 0.25) is 10.0 Å². The molecule has 0 spiro atoms. The van der Waals surface area contributed by atoms with Crippen molar-refractivity contribution in [1.29, 1.82) is 0 Å². The fourth-order valence-corrected chi connectivity index (χ4v) is 3.76. The van der Waals surface area contributed by atoms with E-state index < -0.39 is 33.9 Å². The molecule has 0 radical (unpaired) electrons. The Hall–Kier alpha value is -2.96. The van der Waals surface area contributed by atoms with E-state index in [0.29, 0.717) is 5.69 Å². The number of carbonyl (C=O) groups excluding carboxylic acids is 2. The minimum absolute atomic E-state index is 0.0291.